The van der Waals surface area contributed by atoms with E-state index in [0.29, 0.717) is 30.0 Å². The average molecular weight is 552 g/mol. The number of carbonyl (C=O) groups excluding carboxylic acids is 2. The number of carbonyl (C=O) groups is 2. The lowest BCUT2D eigenvalue weighted by molar-refractivity contribution is -0.119. The SMILES string of the molecule is Cc1cc(OCCCc2c(C(=O)NCCC(=O)NS(=O)c3ccccc3)[nH]c3ccccc23)cc(C)c1Cl. The number of halogens is 1. The molecule has 1 heterocycles. The van der Waals surface area contributed by atoms with Crippen molar-refractivity contribution in [2.75, 3.05) is 13.2 Å². The molecule has 0 aliphatic rings. The first-order valence-corrected chi connectivity index (χ1v) is 13.9. The molecule has 3 aromatic carbocycles. The first-order valence-electron chi connectivity index (χ1n) is 12.4. The van der Waals surface area contributed by atoms with E-state index in [1.165, 1.54) is 0 Å². The number of ether oxygens (including phenoxy) is 1. The zero-order valence-electron chi connectivity index (χ0n) is 21.3. The largest absolute Gasteiger partial charge is 0.494 e. The van der Waals surface area contributed by atoms with Gasteiger partial charge in [-0.2, -0.15) is 0 Å². The molecule has 0 radical (unpaired) electrons. The number of hydrogen-bond acceptors (Lipinski definition) is 4. The van der Waals surface area contributed by atoms with Crippen molar-refractivity contribution in [1.29, 1.82) is 0 Å². The lowest BCUT2D eigenvalue weighted by Crippen LogP contribution is -2.32. The molecule has 4 aromatic rings. The van der Waals surface area contributed by atoms with Gasteiger partial charge < -0.3 is 15.0 Å². The number of para-hydroxylation sites is 1. The minimum Gasteiger partial charge on any atom is -0.494 e. The van der Waals surface area contributed by atoms with Gasteiger partial charge in [-0.15, -0.1) is 0 Å². The summed E-state index contributed by atoms with van der Waals surface area (Å²) >= 11 is 6.25. The summed E-state index contributed by atoms with van der Waals surface area (Å²) in [6.07, 6.45) is 1.35. The molecule has 4 rings (SSSR count). The lowest BCUT2D eigenvalue weighted by Gasteiger charge is -2.11. The zero-order chi connectivity index (χ0) is 27.1. The van der Waals surface area contributed by atoms with Crippen LogP contribution in [0.25, 0.3) is 10.9 Å². The summed E-state index contributed by atoms with van der Waals surface area (Å²) < 4.78 is 20.7. The number of aromatic amines is 1. The molecule has 0 aliphatic heterocycles. The number of nitrogens with one attached hydrogen (secondary N) is 3. The van der Waals surface area contributed by atoms with Crippen molar-refractivity contribution in [3.63, 3.8) is 0 Å². The van der Waals surface area contributed by atoms with Gasteiger partial charge in [-0.3, -0.25) is 14.3 Å². The number of fused-ring (bicyclic) bond motifs is 1. The van der Waals surface area contributed by atoms with Crippen LogP contribution in [0.3, 0.4) is 0 Å². The van der Waals surface area contributed by atoms with E-state index in [2.05, 4.69) is 15.0 Å². The number of hydrogen-bond donors (Lipinski definition) is 3. The summed E-state index contributed by atoms with van der Waals surface area (Å²) in [7, 11) is -1.64. The molecule has 0 bridgehead atoms. The van der Waals surface area contributed by atoms with E-state index in [1.807, 2.05) is 56.3 Å². The summed E-state index contributed by atoms with van der Waals surface area (Å²) in [5.74, 6) is 0.0694. The van der Waals surface area contributed by atoms with E-state index >= 15 is 0 Å². The number of H-pyrrole nitrogens is 1. The normalized spacial score (nSPS) is 11.8. The van der Waals surface area contributed by atoms with Crippen LogP contribution >= 0.6 is 11.6 Å². The average Bonchev–Trinajstić information content (AvgIpc) is 3.28. The second-order valence-corrected chi connectivity index (χ2v) is 10.6. The minimum absolute atomic E-state index is 0.00758. The van der Waals surface area contributed by atoms with E-state index in [1.54, 1.807) is 24.3 Å². The van der Waals surface area contributed by atoms with Crippen LogP contribution in [0.15, 0.2) is 71.6 Å². The molecule has 38 heavy (non-hydrogen) atoms. The highest BCUT2D eigenvalue weighted by molar-refractivity contribution is 7.83. The highest BCUT2D eigenvalue weighted by atomic mass is 35.5. The lowest BCUT2D eigenvalue weighted by atomic mass is 10.1. The quantitative estimate of drug-likeness (QED) is 0.217. The molecule has 3 N–H and O–H groups in total. The second kappa shape index (κ2) is 12.8. The summed E-state index contributed by atoms with van der Waals surface area (Å²) in [5.41, 5.74) is 4.18. The summed E-state index contributed by atoms with van der Waals surface area (Å²) in [5, 5.41) is 4.53. The first-order chi connectivity index (χ1) is 18.3. The third-order valence-corrected chi connectivity index (χ3v) is 7.80. The number of rotatable bonds is 11. The highest BCUT2D eigenvalue weighted by Gasteiger charge is 2.18. The molecule has 2 amide bonds. The Bertz CT molecular complexity index is 1450. The van der Waals surface area contributed by atoms with E-state index in [4.69, 9.17) is 16.3 Å². The van der Waals surface area contributed by atoms with Crippen LogP contribution in [-0.4, -0.2) is 34.2 Å². The Morgan fingerprint density at radius 2 is 1.68 bits per heavy atom. The third kappa shape index (κ3) is 6.82. The molecule has 7 nitrogen and oxygen atoms in total. The van der Waals surface area contributed by atoms with Crippen molar-refractivity contribution < 1.29 is 18.5 Å². The maximum Gasteiger partial charge on any atom is 0.268 e. The van der Waals surface area contributed by atoms with Crippen LogP contribution in [0.4, 0.5) is 0 Å². The number of aromatic nitrogens is 1. The van der Waals surface area contributed by atoms with Gasteiger partial charge in [-0.05, 0) is 73.7 Å². The maximum atomic E-state index is 13.0. The predicted molar refractivity (Wildman–Crippen MR) is 151 cm³/mol. The monoisotopic (exact) mass is 551 g/mol. The molecule has 0 saturated carbocycles. The third-order valence-electron chi connectivity index (χ3n) is 6.09. The molecule has 1 unspecified atom stereocenters. The zero-order valence-corrected chi connectivity index (χ0v) is 22.9. The van der Waals surface area contributed by atoms with Crippen molar-refractivity contribution in [3.05, 3.63) is 94.1 Å². The predicted octanol–water partition coefficient (Wildman–Crippen LogP) is 5.41. The van der Waals surface area contributed by atoms with E-state index in [9.17, 15) is 13.8 Å². The van der Waals surface area contributed by atoms with E-state index in [0.717, 1.165) is 38.4 Å². The Hall–Kier alpha value is -3.62. The van der Waals surface area contributed by atoms with E-state index < -0.39 is 16.9 Å². The number of amides is 2. The van der Waals surface area contributed by atoms with Gasteiger partial charge in [0.25, 0.3) is 5.91 Å². The molecule has 9 heteroatoms. The van der Waals surface area contributed by atoms with Crippen LogP contribution in [0.5, 0.6) is 5.75 Å². The number of benzene rings is 3. The Kier molecular flexibility index (Phi) is 9.20. The van der Waals surface area contributed by atoms with Gasteiger partial charge >= 0.3 is 0 Å². The van der Waals surface area contributed by atoms with Gasteiger partial charge in [0.2, 0.25) is 5.91 Å². The van der Waals surface area contributed by atoms with Crippen LogP contribution in [0, 0.1) is 13.8 Å². The van der Waals surface area contributed by atoms with Crippen molar-refractivity contribution in [1.82, 2.24) is 15.0 Å². The molecule has 198 valence electrons. The molecule has 0 spiro atoms. The van der Waals surface area contributed by atoms with Gasteiger partial charge in [0, 0.05) is 28.9 Å². The Balaban J connectivity index is 1.34. The summed E-state index contributed by atoms with van der Waals surface area (Å²) in [4.78, 5) is 29.0. The summed E-state index contributed by atoms with van der Waals surface area (Å²) in [6.45, 7) is 4.50. The second-order valence-electron chi connectivity index (χ2n) is 8.96. The molecular formula is C29H30ClN3O4S. The van der Waals surface area contributed by atoms with Crippen LogP contribution in [0.2, 0.25) is 5.02 Å². The van der Waals surface area contributed by atoms with Crippen LogP contribution < -0.4 is 14.8 Å². The van der Waals surface area contributed by atoms with Gasteiger partial charge in [0.15, 0.2) is 11.0 Å². The fourth-order valence-corrected chi connectivity index (χ4v) is 5.16. The highest BCUT2D eigenvalue weighted by Crippen LogP contribution is 2.27. The topological polar surface area (TPSA) is 100 Å². The van der Waals surface area contributed by atoms with Crippen molar-refractivity contribution >= 4 is 45.3 Å². The fraction of sp³-hybridized carbons (Fsp3) is 0.241. The fourth-order valence-electron chi connectivity index (χ4n) is 4.22. The molecule has 1 atom stereocenters. The van der Waals surface area contributed by atoms with Gasteiger partial charge in [0.1, 0.15) is 11.4 Å². The van der Waals surface area contributed by atoms with Gasteiger partial charge in [-0.25, -0.2) is 4.21 Å². The van der Waals surface area contributed by atoms with E-state index in [-0.39, 0.29) is 18.9 Å². The van der Waals surface area contributed by atoms with Crippen molar-refractivity contribution in [2.24, 2.45) is 0 Å². The standard InChI is InChI=1S/C29H30ClN3O4S/c1-19-17-21(18-20(2)27(19)30)37-16-8-12-24-23-11-6-7-13-25(23)32-28(24)29(35)31-15-14-26(34)33-38(36)22-9-4-3-5-10-22/h3-7,9-11,13,17-18,32H,8,12,14-16H2,1-2H3,(H,31,35)(H,33,34). The molecule has 0 aliphatic carbocycles. The minimum atomic E-state index is -1.64. The Morgan fingerprint density at radius 3 is 2.42 bits per heavy atom. The van der Waals surface area contributed by atoms with Gasteiger partial charge in [-0.1, -0.05) is 48.0 Å². The molecule has 1 aromatic heterocycles. The maximum absolute atomic E-state index is 13.0. The molecule has 0 saturated heterocycles. The smallest absolute Gasteiger partial charge is 0.268 e. The Labute approximate surface area is 229 Å². The van der Waals surface area contributed by atoms with Crippen LogP contribution in [0.1, 0.15) is 40.0 Å². The first kappa shape index (κ1) is 27.4. The van der Waals surface area contributed by atoms with Gasteiger partial charge in [0.05, 0.1) is 11.5 Å². The van der Waals surface area contributed by atoms with Crippen molar-refractivity contribution in [2.45, 2.75) is 38.0 Å². The van der Waals surface area contributed by atoms with Crippen LogP contribution in [-0.2, 0) is 22.2 Å². The van der Waals surface area contributed by atoms with Crippen molar-refractivity contribution in [3.8, 4) is 5.75 Å². The summed E-state index contributed by atoms with van der Waals surface area (Å²) in [6, 6.07) is 20.3. The number of aryl methyl sites for hydroxylation is 3. The molecular weight excluding hydrogens is 522 g/mol. The molecule has 0 fully saturated rings. The Morgan fingerprint density at radius 1 is 1.00 bits per heavy atom.